The number of hydrogen-bond donors (Lipinski definition) is 1. The van der Waals surface area contributed by atoms with Gasteiger partial charge in [-0.15, -0.1) is 0 Å². The molecule has 10 heteroatoms. The van der Waals surface area contributed by atoms with Gasteiger partial charge in [0.15, 0.2) is 0 Å². The molecule has 0 radical (unpaired) electrons. The Hall–Kier alpha value is -3.20. The number of nitrogens with one attached hydrogen (secondary N) is 1. The molecule has 3 heterocycles. The van der Waals surface area contributed by atoms with Gasteiger partial charge in [0.2, 0.25) is 17.7 Å². The van der Waals surface area contributed by atoms with Gasteiger partial charge in [-0.3, -0.25) is 4.90 Å². The molecule has 1 aromatic carbocycles. The maximum Gasteiger partial charge on any atom is 0.416 e. The van der Waals surface area contributed by atoms with E-state index in [4.69, 9.17) is 20.9 Å². The molecule has 0 saturated carbocycles. The Balaban J connectivity index is 1.51. The summed E-state index contributed by atoms with van der Waals surface area (Å²) in [7, 11) is 0. The summed E-state index contributed by atoms with van der Waals surface area (Å²) in [5.41, 5.74) is 0.304. The molecule has 0 aliphatic carbocycles. The Morgan fingerprint density at radius 3 is 2.66 bits per heavy atom. The van der Waals surface area contributed by atoms with Crippen molar-refractivity contribution in [2.75, 3.05) is 16.8 Å². The van der Waals surface area contributed by atoms with Crippen molar-refractivity contribution in [2.24, 2.45) is 0 Å². The molecule has 1 amide bonds. The zero-order valence-electron chi connectivity index (χ0n) is 16.1. The molecule has 1 N–H and O–H groups in total. The summed E-state index contributed by atoms with van der Waals surface area (Å²) in [6.45, 7) is 5.96. The minimum Gasteiger partial charge on any atom is -0.447 e. The van der Waals surface area contributed by atoms with Crippen molar-refractivity contribution in [1.29, 1.82) is 0 Å². The first-order valence-corrected chi connectivity index (χ1v) is 9.37. The molecule has 1 unspecified atom stereocenters. The predicted molar refractivity (Wildman–Crippen MR) is 107 cm³/mol. The molecule has 9 nitrogen and oxygen atoms in total. The van der Waals surface area contributed by atoms with Crippen molar-refractivity contribution in [3.05, 3.63) is 47.4 Å². The van der Waals surface area contributed by atoms with Gasteiger partial charge >= 0.3 is 6.09 Å². The van der Waals surface area contributed by atoms with Crippen LogP contribution in [0.25, 0.3) is 11.4 Å². The first-order valence-electron chi connectivity index (χ1n) is 8.99. The summed E-state index contributed by atoms with van der Waals surface area (Å²) in [4.78, 5) is 26.7. The van der Waals surface area contributed by atoms with Crippen molar-refractivity contribution in [3.63, 3.8) is 0 Å². The maximum atomic E-state index is 12.1. The van der Waals surface area contributed by atoms with Gasteiger partial charge in [0.25, 0.3) is 0 Å². The number of nitrogens with zero attached hydrogens (tertiary/aromatic N) is 5. The number of aromatic nitrogens is 4. The molecule has 1 aliphatic heterocycles. The van der Waals surface area contributed by atoms with Crippen LogP contribution in [0.2, 0.25) is 5.02 Å². The summed E-state index contributed by atoms with van der Waals surface area (Å²) >= 11 is 5.91. The van der Waals surface area contributed by atoms with Crippen molar-refractivity contribution in [1.82, 2.24) is 20.1 Å². The highest BCUT2D eigenvalue weighted by molar-refractivity contribution is 6.30. The maximum absolute atomic E-state index is 12.1. The summed E-state index contributed by atoms with van der Waals surface area (Å²) in [6.07, 6.45) is 1.14. The first kappa shape index (κ1) is 19.1. The zero-order chi connectivity index (χ0) is 20.6. The van der Waals surface area contributed by atoms with E-state index >= 15 is 0 Å². The predicted octanol–water partition coefficient (Wildman–Crippen LogP) is 4.09. The lowest BCUT2D eigenvalue weighted by molar-refractivity contribution is 0.175. The van der Waals surface area contributed by atoms with Gasteiger partial charge < -0.3 is 14.6 Å². The van der Waals surface area contributed by atoms with E-state index in [1.165, 1.54) is 4.90 Å². The molecule has 4 rings (SSSR count). The van der Waals surface area contributed by atoms with Gasteiger partial charge in [0.05, 0.1) is 5.54 Å². The number of hydrogen-bond acceptors (Lipinski definition) is 8. The van der Waals surface area contributed by atoms with Crippen LogP contribution in [0.5, 0.6) is 0 Å². The monoisotopic (exact) mass is 414 g/mol. The lowest BCUT2D eigenvalue weighted by Gasteiger charge is -2.26. The Morgan fingerprint density at radius 1 is 1.21 bits per heavy atom. The van der Waals surface area contributed by atoms with Crippen LogP contribution in [0.15, 0.2) is 41.1 Å². The Labute approximate surface area is 172 Å². The van der Waals surface area contributed by atoms with Crippen LogP contribution in [-0.4, -0.2) is 38.3 Å². The molecule has 2 aromatic heterocycles. The van der Waals surface area contributed by atoms with Gasteiger partial charge in [0, 0.05) is 16.8 Å². The Kier molecular flexibility index (Phi) is 4.83. The van der Waals surface area contributed by atoms with Crippen LogP contribution in [0, 0.1) is 0 Å². The average Bonchev–Trinajstić information content (AvgIpc) is 3.27. The van der Waals surface area contributed by atoms with Gasteiger partial charge in [-0.05, 0) is 51.1 Å². The topological polar surface area (TPSA) is 106 Å². The number of rotatable bonds is 5. The van der Waals surface area contributed by atoms with Crippen molar-refractivity contribution in [2.45, 2.75) is 32.4 Å². The van der Waals surface area contributed by atoms with Crippen LogP contribution >= 0.6 is 11.6 Å². The van der Waals surface area contributed by atoms with Gasteiger partial charge in [-0.2, -0.15) is 9.97 Å². The van der Waals surface area contributed by atoms with Crippen molar-refractivity contribution >= 4 is 29.5 Å². The molecule has 1 fully saturated rings. The van der Waals surface area contributed by atoms with Crippen LogP contribution in [0.3, 0.4) is 0 Å². The Bertz CT molecular complexity index is 1040. The summed E-state index contributed by atoms with van der Waals surface area (Å²) in [6, 6.07) is 8.47. The molecule has 1 atom stereocenters. The largest absolute Gasteiger partial charge is 0.447 e. The minimum atomic E-state index is -0.492. The van der Waals surface area contributed by atoms with Gasteiger partial charge in [-0.1, -0.05) is 16.8 Å². The molecule has 0 bridgehead atoms. The minimum absolute atomic E-state index is 0.296. The number of halogens is 1. The first-order chi connectivity index (χ1) is 13.8. The van der Waals surface area contributed by atoms with Crippen LogP contribution < -0.4 is 10.2 Å². The van der Waals surface area contributed by atoms with Gasteiger partial charge in [-0.25, -0.2) is 9.78 Å². The van der Waals surface area contributed by atoms with Crippen LogP contribution in [0.1, 0.15) is 32.7 Å². The van der Waals surface area contributed by atoms with E-state index in [9.17, 15) is 4.79 Å². The number of cyclic esters (lactones) is 1. The number of carbonyl (C=O) groups excluding carboxylic acids is 1. The zero-order valence-corrected chi connectivity index (χ0v) is 16.8. The second-order valence-corrected chi connectivity index (χ2v) is 7.71. The quantitative estimate of drug-likeness (QED) is 0.665. The molecule has 1 aliphatic rings. The van der Waals surface area contributed by atoms with E-state index in [0.29, 0.717) is 35.1 Å². The summed E-state index contributed by atoms with van der Waals surface area (Å²) in [5.74, 6) is 1.62. The SMILES string of the molecule is CC(Nc1nccc(N2C(=O)OCC2(C)C)n1)c1nc(-c2ccc(Cl)cc2)no1. The number of carbonyl (C=O) groups is 1. The number of amides is 1. The number of benzene rings is 1. The van der Waals surface area contributed by atoms with Crippen LogP contribution in [-0.2, 0) is 4.74 Å². The molecule has 0 spiro atoms. The molecule has 1 saturated heterocycles. The fraction of sp³-hybridized carbons (Fsp3) is 0.316. The van der Waals surface area contributed by atoms with Gasteiger partial charge in [0.1, 0.15) is 18.5 Å². The summed E-state index contributed by atoms with van der Waals surface area (Å²) < 4.78 is 10.5. The molecule has 150 valence electrons. The fourth-order valence-electron chi connectivity index (χ4n) is 2.94. The average molecular weight is 415 g/mol. The van der Waals surface area contributed by atoms with Crippen molar-refractivity contribution in [3.8, 4) is 11.4 Å². The fourth-order valence-corrected chi connectivity index (χ4v) is 3.07. The van der Waals surface area contributed by atoms with E-state index in [1.807, 2.05) is 32.9 Å². The van der Waals surface area contributed by atoms with E-state index in [0.717, 1.165) is 5.56 Å². The van der Waals surface area contributed by atoms with Crippen LogP contribution in [0.4, 0.5) is 16.6 Å². The van der Waals surface area contributed by atoms with E-state index in [-0.39, 0.29) is 6.04 Å². The summed E-state index contributed by atoms with van der Waals surface area (Å²) in [5, 5.41) is 7.76. The van der Waals surface area contributed by atoms with E-state index in [1.54, 1.807) is 24.4 Å². The second kappa shape index (κ2) is 7.32. The van der Waals surface area contributed by atoms with E-state index < -0.39 is 11.6 Å². The molecular weight excluding hydrogens is 396 g/mol. The third-order valence-corrected chi connectivity index (χ3v) is 4.72. The highest BCUT2D eigenvalue weighted by atomic mass is 35.5. The normalized spacial score (nSPS) is 16.6. The number of anilines is 2. The molecular formula is C19H19ClN6O3. The highest BCUT2D eigenvalue weighted by Crippen LogP contribution is 2.29. The highest BCUT2D eigenvalue weighted by Gasteiger charge is 2.41. The Morgan fingerprint density at radius 2 is 1.97 bits per heavy atom. The molecule has 3 aromatic rings. The number of ether oxygens (including phenoxy) is 1. The lowest BCUT2D eigenvalue weighted by Crippen LogP contribution is -2.42. The standard InChI is InChI=1S/C19H19ClN6O3/c1-11(16-24-15(25-29-16)12-4-6-13(20)7-5-12)22-17-21-9-8-14(23-17)26-18(27)28-10-19(26,2)3/h4-9,11H,10H2,1-3H3,(H,21,22,23). The smallest absolute Gasteiger partial charge is 0.416 e. The second-order valence-electron chi connectivity index (χ2n) is 7.27. The lowest BCUT2D eigenvalue weighted by atomic mass is 10.1. The van der Waals surface area contributed by atoms with E-state index in [2.05, 4.69) is 25.4 Å². The third-order valence-electron chi connectivity index (χ3n) is 4.47. The van der Waals surface area contributed by atoms with Crippen molar-refractivity contribution < 1.29 is 14.1 Å². The molecule has 29 heavy (non-hydrogen) atoms. The third kappa shape index (κ3) is 3.86.